The van der Waals surface area contributed by atoms with Gasteiger partial charge in [0.1, 0.15) is 0 Å². The summed E-state index contributed by atoms with van der Waals surface area (Å²) >= 11 is 7.42. The molecule has 0 aliphatic carbocycles. The molecule has 2 heterocycles. The second-order valence-corrected chi connectivity index (χ2v) is 6.18. The molecule has 0 atom stereocenters. The van der Waals surface area contributed by atoms with Gasteiger partial charge in [0.25, 0.3) is 0 Å². The van der Waals surface area contributed by atoms with Crippen molar-refractivity contribution in [2.24, 2.45) is 0 Å². The van der Waals surface area contributed by atoms with Crippen molar-refractivity contribution in [3.05, 3.63) is 39.0 Å². The fraction of sp³-hybridized carbons (Fsp3) is 0.154. The number of benzene rings is 1. The molecule has 1 aromatic heterocycles. The number of nitrogens with one attached hydrogen (secondary N) is 2. The number of carbonyl (C=O) groups is 1. The van der Waals surface area contributed by atoms with Crippen LogP contribution in [0.1, 0.15) is 10.4 Å². The van der Waals surface area contributed by atoms with E-state index >= 15 is 0 Å². The molecule has 3 rings (SSSR count). The van der Waals surface area contributed by atoms with E-state index < -0.39 is 0 Å². The van der Waals surface area contributed by atoms with Crippen LogP contribution in [0.4, 0.5) is 17.1 Å². The smallest absolute Gasteiger partial charge is 0.228 e. The van der Waals surface area contributed by atoms with Gasteiger partial charge in [0.15, 0.2) is 0 Å². The third-order valence-corrected chi connectivity index (χ3v) is 4.21. The molecule has 0 unspecified atom stereocenters. The molecule has 98 valence electrons. The van der Waals surface area contributed by atoms with Crippen molar-refractivity contribution in [3.8, 4) is 0 Å². The number of thiophene rings is 1. The van der Waals surface area contributed by atoms with Gasteiger partial charge in [-0.1, -0.05) is 11.6 Å². The van der Waals surface area contributed by atoms with Crippen molar-refractivity contribution in [2.45, 2.75) is 13.0 Å². The minimum Gasteiger partial charge on any atom is -0.397 e. The standard InChI is InChI=1S/C13H12ClN3OS/c14-12-2-1-8(19-12)6-16-11-5-10-7(3-9(11)15)4-13(18)17-10/h1-3,5,16H,4,6,15H2,(H,17,18). The van der Waals surface area contributed by atoms with Gasteiger partial charge in [-0.15, -0.1) is 11.3 Å². The molecule has 19 heavy (non-hydrogen) atoms. The first-order chi connectivity index (χ1) is 9.11. The van der Waals surface area contributed by atoms with Crippen LogP contribution in [0.2, 0.25) is 4.34 Å². The lowest BCUT2D eigenvalue weighted by molar-refractivity contribution is -0.115. The molecule has 0 radical (unpaired) electrons. The van der Waals surface area contributed by atoms with Gasteiger partial charge >= 0.3 is 0 Å². The topological polar surface area (TPSA) is 67.2 Å². The fourth-order valence-electron chi connectivity index (χ4n) is 2.08. The number of nitrogens with two attached hydrogens (primary N) is 1. The van der Waals surface area contributed by atoms with Crippen LogP contribution in [0.15, 0.2) is 24.3 Å². The highest BCUT2D eigenvalue weighted by atomic mass is 35.5. The van der Waals surface area contributed by atoms with E-state index in [0.29, 0.717) is 18.7 Å². The van der Waals surface area contributed by atoms with Crippen LogP contribution in [0, 0.1) is 0 Å². The Kier molecular flexibility index (Phi) is 3.08. The van der Waals surface area contributed by atoms with Gasteiger partial charge in [-0.2, -0.15) is 0 Å². The lowest BCUT2D eigenvalue weighted by Gasteiger charge is -2.10. The molecule has 1 aliphatic rings. The maximum atomic E-state index is 11.3. The highest BCUT2D eigenvalue weighted by Crippen LogP contribution is 2.32. The summed E-state index contributed by atoms with van der Waals surface area (Å²) in [5.41, 5.74) is 9.25. The fourth-order valence-corrected chi connectivity index (χ4v) is 3.10. The maximum Gasteiger partial charge on any atom is 0.228 e. The molecular weight excluding hydrogens is 282 g/mol. The maximum absolute atomic E-state index is 11.3. The summed E-state index contributed by atoms with van der Waals surface area (Å²) in [7, 11) is 0. The predicted molar refractivity (Wildman–Crippen MR) is 79.8 cm³/mol. The summed E-state index contributed by atoms with van der Waals surface area (Å²) in [5, 5.41) is 6.08. The molecule has 6 heteroatoms. The second-order valence-electron chi connectivity index (χ2n) is 4.38. The van der Waals surface area contributed by atoms with Crippen molar-refractivity contribution < 1.29 is 4.79 Å². The summed E-state index contributed by atoms with van der Waals surface area (Å²) in [6.07, 6.45) is 0.403. The average Bonchev–Trinajstić information content (AvgIpc) is 2.91. The molecule has 0 fully saturated rings. The van der Waals surface area contributed by atoms with Gasteiger partial charge in [-0.05, 0) is 29.8 Å². The Labute approximate surface area is 119 Å². The van der Waals surface area contributed by atoms with Crippen LogP contribution < -0.4 is 16.4 Å². The van der Waals surface area contributed by atoms with Crippen molar-refractivity contribution in [1.29, 1.82) is 0 Å². The van der Waals surface area contributed by atoms with Crippen molar-refractivity contribution in [3.63, 3.8) is 0 Å². The monoisotopic (exact) mass is 293 g/mol. The number of rotatable bonds is 3. The van der Waals surface area contributed by atoms with Crippen molar-refractivity contribution in [2.75, 3.05) is 16.4 Å². The third-order valence-electron chi connectivity index (χ3n) is 2.98. The number of halogens is 1. The molecule has 1 aliphatic heterocycles. The van der Waals surface area contributed by atoms with Gasteiger partial charge in [-0.25, -0.2) is 0 Å². The van der Waals surface area contributed by atoms with Gasteiger partial charge in [0.05, 0.1) is 22.1 Å². The number of fused-ring (bicyclic) bond motifs is 1. The van der Waals surface area contributed by atoms with Gasteiger partial charge in [-0.3, -0.25) is 4.79 Å². The lowest BCUT2D eigenvalue weighted by Crippen LogP contribution is -2.04. The zero-order chi connectivity index (χ0) is 13.4. The molecule has 4 nitrogen and oxygen atoms in total. The third kappa shape index (κ3) is 2.52. The predicted octanol–water partition coefficient (Wildman–Crippen LogP) is 3.09. The summed E-state index contributed by atoms with van der Waals surface area (Å²) in [6.45, 7) is 0.661. The molecule has 0 bridgehead atoms. The number of amides is 1. The second kappa shape index (κ2) is 4.75. The van der Waals surface area contributed by atoms with Crippen molar-refractivity contribution >= 4 is 45.9 Å². The molecule has 1 aromatic carbocycles. The van der Waals surface area contributed by atoms with Crippen molar-refractivity contribution in [1.82, 2.24) is 0 Å². The Hall–Kier alpha value is -1.72. The van der Waals surface area contributed by atoms with E-state index in [9.17, 15) is 4.79 Å². The molecular formula is C13H12ClN3OS. The SMILES string of the molecule is Nc1cc2c(cc1NCc1ccc(Cl)s1)NC(=O)C2. The lowest BCUT2D eigenvalue weighted by atomic mass is 10.1. The average molecular weight is 294 g/mol. The zero-order valence-electron chi connectivity index (χ0n) is 10.00. The van der Waals surface area contributed by atoms with Crippen LogP contribution in [0.25, 0.3) is 0 Å². The highest BCUT2D eigenvalue weighted by Gasteiger charge is 2.19. The first kappa shape index (κ1) is 12.3. The van der Waals surface area contributed by atoms with E-state index in [2.05, 4.69) is 10.6 Å². The van der Waals surface area contributed by atoms with Crippen LogP contribution in [0.3, 0.4) is 0 Å². The summed E-state index contributed by atoms with van der Waals surface area (Å²) in [5.74, 6) is 0.0107. The Morgan fingerprint density at radius 2 is 2.26 bits per heavy atom. The Balaban J connectivity index is 1.78. The number of anilines is 3. The molecule has 1 amide bonds. The summed E-state index contributed by atoms with van der Waals surface area (Å²) in [6, 6.07) is 7.57. The van der Waals surface area contributed by atoms with E-state index in [1.807, 2.05) is 24.3 Å². The number of hydrogen-bond acceptors (Lipinski definition) is 4. The van der Waals surface area contributed by atoms with E-state index in [1.54, 1.807) is 0 Å². The van der Waals surface area contributed by atoms with Crippen LogP contribution >= 0.6 is 22.9 Å². The van der Waals surface area contributed by atoms with E-state index in [1.165, 1.54) is 11.3 Å². The Morgan fingerprint density at radius 3 is 3.00 bits per heavy atom. The van der Waals surface area contributed by atoms with E-state index in [-0.39, 0.29) is 5.91 Å². The Morgan fingerprint density at radius 1 is 1.42 bits per heavy atom. The van der Waals surface area contributed by atoms with Crippen LogP contribution in [-0.2, 0) is 17.8 Å². The van der Waals surface area contributed by atoms with Crippen LogP contribution in [0.5, 0.6) is 0 Å². The minimum atomic E-state index is 0.0107. The number of hydrogen-bond donors (Lipinski definition) is 3. The molecule has 4 N–H and O–H groups in total. The van der Waals surface area contributed by atoms with Gasteiger partial charge in [0.2, 0.25) is 5.91 Å². The zero-order valence-corrected chi connectivity index (χ0v) is 11.6. The first-order valence-electron chi connectivity index (χ1n) is 5.82. The van der Waals surface area contributed by atoms with E-state index in [0.717, 1.165) is 26.2 Å². The Bertz CT molecular complexity index is 653. The summed E-state index contributed by atoms with van der Waals surface area (Å²) in [4.78, 5) is 12.5. The molecule has 0 saturated carbocycles. The normalized spacial score (nSPS) is 13.2. The first-order valence-corrected chi connectivity index (χ1v) is 7.01. The van der Waals surface area contributed by atoms with E-state index in [4.69, 9.17) is 17.3 Å². The summed E-state index contributed by atoms with van der Waals surface area (Å²) < 4.78 is 0.769. The number of nitrogen functional groups attached to an aromatic ring is 1. The van der Waals surface area contributed by atoms with Gasteiger partial charge in [0, 0.05) is 17.1 Å². The number of carbonyl (C=O) groups excluding carboxylic acids is 1. The molecule has 2 aromatic rings. The molecule has 0 saturated heterocycles. The van der Waals surface area contributed by atoms with Gasteiger partial charge < -0.3 is 16.4 Å². The highest BCUT2D eigenvalue weighted by molar-refractivity contribution is 7.16. The minimum absolute atomic E-state index is 0.0107. The largest absolute Gasteiger partial charge is 0.397 e. The molecule has 0 spiro atoms. The quantitative estimate of drug-likeness (QED) is 0.762. The van der Waals surface area contributed by atoms with Crippen LogP contribution in [-0.4, -0.2) is 5.91 Å².